The highest BCUT2D eigenvalue weighted by Crippen LogP contribution is 2.46. The van der Waals surface area contributed by atoms with E-state index in [1.807, 2.05) is 109 Å². The van der Waals surface area contributed by atoms with Crippen molar-refractivity contribution in [3.8, 4) is 67.3 Å². The highest BCUT2D eigenvalue weighted by molar-refractivity contribution is 7.85. The Labute approximate surface area is 388 Å². The van der Waals surface area contributed by atoms with Crippen LogP contribution in [0.3, 0.4) is 0 Å². The van der Waals surface area contributed by atoms with Crippen LogP contribution in [-0.2, 0) is 4.57 Å². The van der Waals surface area contributed by atoms with E-state index in [0.29, 0.717) is 5.82 Å². The molecule has 2 aromatic heterocycles. The van der Waals surface area contributed by atoms with Gasteiger partial charge in [-0.2, -0.15) is 0 Å². The van der Waals surface area contributed by atoms with Crippen LogP contribution < -0.4 is 15.9 Å². The molecule has 10 aromatic carbocycles. The average Bonchev–Trinajstić information content (AvgIpc) is 3.81. The molecule has 5 heteroatoms. The van der Waals surface area contributed by atoms with Gasteiger partial charge in [-0.3, -0.25) is 0 Å². The van der Waals surface area contributed by atoms with Crippen LogP contribution >= 0.6 is 7.14 Å². The lowest BCUT2D eigenvalue weighted by Gasteiger charge is -2.20. The normalized spacial score (nSPS) is 11.6. The van der Waals surface area contributed by atoms with E-state index in [9.17, 15) is 0 Å². The van der Waals surface area contributed by atoms with Crippen molar-refractivity contribution < 1.29 is 8.98 Å². The first-order valence-electron chi connectivity index (χ1n) is 22.5. The number of hydrogen-bond donors (Lipinski definition) is 0. The fourth-order valence-corrected chi connectivity index (χ4v) is 12.1. The molecule has 67 heavy (non-hydrogen) atoms. The summed E-state index contributed by atoms with van der Waals surface area (Å²) in [6.45, 7) is 0. The molecule has 0 unspecified atom stereocenters. The molecule has 4 nitrogen and oxygen atoms in total. The zero-order chi connectivity index (χ0) is 44.7. The van der Waals surface area contributed by atoms with E-state index < -0.39 is 7.14 Å². The summed E-state index contributed by atoms with van der Waals surface area (Å²) >= 11 is 0. The number of nitrogens with zero attached hydrogens (tertiary/aromatic N) is 2. The minimum atomic E-state index is -3.13. The molecule has 0 saturated heterocycles. The van der Waals surface area contributed by atoms with E-state index in [4.69, 9.17) is 14.4 Å². The minimum Gasteiger partial charge on any atom is -0.455 e. The van der Waals surface area contributed by atoms with Crippen molar-refractivity contribution >= 4 is 55.8 Å². The molecule has 12 aromatic rings. The number of hydrogen-bond acceptors (Lipinski definition) is 4. The highest BCUT2D eigenvalue weighted by Gasteiger charge is 2.29. The molecule has 0 N–H and O–H groups in total. The summed E-state index contributed by atoms with van der Waals surface area (Å²) in [6.07, 6.45) is 0. The molecular weight excluding hydrogens is 836 g/mol. The van der Waals surface area contributed by atoms with Crippen LogP contribution in [0.15, 0.2) is 253 Å². The summed E-state index contributed by atoms with van der Waals surface area (Å²) in [6, 6.07) is 85.0. The van der Waals surface area contributed by atoms with E-state index in [-0.39, 0.29) is 0 Å². The van der Waals surface area contributed by atoms with Gasteiger partial charge in [0.15, 0.2) is 13.0 Å². The third-order valence-electron chi connectivity index (χ3n) is 12.8. The maximum atomic E-state index is 15.2. The van der Waals surface area contributed by atoms with Crippen LogP contribution in [-0.4, -0.2) is 9.97 Å². The highest BCUT2D eigenvalue weighted by atomic mass is 31.2. The van der Waals surface area contributed by atoms with Crippen LogP contribution in [0.1, 0.15) is 0 Å². The van der Waals surface area contributed by atoms with Gasteiger partial charge in [-0.1, -0.05) is 218 Å². The van der Waals surface area contributed by atoms with Gasteiger partial charge in [0.2, 0.25) is 0 Å². The molecule has 0 spiro atoms. The summed E-state index contributed by atoms with van der Waals surface area (Å²) in [5.74, 6) is 0.690. The maximum Gasteiger partial charge on any atom is 0.171 e. The largest absolute Gasteiger partial charge is 0.455 e. The van der Waals surface area contributed by atoms with Gasteiger partial charge in [0.25, 0.3) is 0 Å². The van der Waals surface area contributed by atoms with Crippen molar-refractivity contribution in [1.82, 2.24) is 9.97 Å². The lowest BCUT2D eigenvalue weighted by atomic mass is 9.92. The topological polar surface area (TPSA) is 56.0 Å². The van der Waals surface area contributed by atoms with Crippen molar-refractivity contribution in [2.45, 2.75) is 0 Å². The van der Waals surface area contributed by atoms with Crippen molar-refractivity contribution in [3.63, 3.8) is 0 Å². The van der Waals surface area contributed by atoms with Gasteiger partial charge >= 0.3 is 0 Å². The van der Waals surface area contributed by atoms with Gasteiger partial charge in [0.05, 0.1) is 11.4 Å². The fourth-order valence-electron chi connectivity index (χ4n) is 9.49. The van der Waals surface area contributed by atoms with Gasteiger partial charge < -0.3 is 8.98 Å². The second kappa shape index (κ2) is 16.8. The average molecular weight is 877 g/mol. The van der Waals surface area contributed by atoms with Gasteiger partial charge in [-0.05, 0) is 69.1 Å². The molecule has 0 atom stereocenters. The van der Waals surface area contributed by atoms with Crippen LogP contribution in [0, 0.1) is 0 Å². The van der Waals surface area contributed by atoms with Crippen LogP contribution in [0.25, 0.3) is 100.0 Å². The van der Waals surface area contributed by atoms with Crippen LogP contribution in [0.4, 0.5) is 0 Å². The second-order valence-corrected chi connectivity index (χ2v) is 19.6. The quantitative estimate of drug-likeness (QED) is 0.136. The SMILES string of the molecule is O=P(c1ccccc1)(c1ccccc1)c1ccc(-c2cc3c(oc4cccc(-c5cccc(-c6cccc(-c7cc(-c8ccccc8)nc(-c8ccccc8)n7)c6)c5)c43)c3ccccc23)cc1. The summed E-state index contributed by atoms with van der Waals surface area (Å²) < 4.78 is 22.0. The van der Waals surface area contributed by atoms with Crippen LogP contribution in [0.2, 0.25) is 0 Å². The maximum absolute atomic E-state index is 15.2. The van der Waals surface area contributed by atoms with E-state index in [1.54, 1.807) is 0 Å². The summed E-state index contributed by atoms with van der Waals surface area (Å²) in [4.78, 5) is 10.1. The van der Waals surface area contributed by atoms with Gasteiger partial charge in [-0.15, -0.1) is 0 Å². The Kier molecular flexibility index (Phi) is 10.1. The third-order valence-corrected chi connectivity index (χ3v) is 15.9. The van der Waals surface area contributed by atoms with Gasteiger partial charge in [0.1, 0.15) is 11.2 Å². The third kappa shape index (κ3) is 7.25. The van der Waals surface area contributed by atoms with E-state index in [1.165, 1.54) is 0 Å². The Bertz CT molecular complexity index is 3710. The number of benzene rings is 10. The van der Waals surface area contributed by atoms with E-state index in [2.05, 4.69) is 140 Å². The van der Waals surface area contributed by atoms with Crippen molar-refractivity contribution in [2.24, 2.45) is 0 Å². The number of aromatic nitrogens is 2. The first kappa shape index (κ1) is 40.1. The monoisotopic (exact) mass is 876 g/mol. The second-order valence-electron chi connectivity index (χ2n) is 16.8. The molecule has 0 saturated carbocycles. The first-order chi connectivity index (χ1) is 33.1. The Hall–Kier alpha value is -8.43. The zero-order valence-electron chi connectivity index (χ0n) is 36.3. The molecule has 0 fully saturated rings. The molecule has 0 bridgehead atoms. The lowest BCUT2D eigenvalue weighted by Crippen LogP contribution is -2.24. The Morgan fingerprint density at radius 1 is 0.328 bits per heavy atom. The molecule has 0 amide bonds. The molecule has 0 radical (unpaired) electrons. The molecular formula is C62H41N2O2P. The smallest absolute Gasteiger partial charge is 0.171 e. The number of fused-ring (bicyclic) bond motifs is 5. The van der Waals surface area contributed by atoms with Crippen molar-refractivity contribution in [1.29, 1.82) is 0 Å². The van der Waals surface area contributed by atoms with Crippen molar-refractivity contribution in [3.05, 3.63) is 249 Å². The molecule has 2 heterocycles. The molecule has 0 aliphatic heterocycles. The summed E-state index contributed by atoms with van der Waals surface area (Å²) in [5.41, 5.74) is 12.9. The molecule has 0 aliphatic rings. The standard InChI is InChI=1S/C62H41N2O2P/c65-67(49-26-9-3-10-27-49,50-28-11-4-12-29-50)51-36-34-42(35-37-51)55-40-56-60-52(32-17-33-59(60)66-61(56)54-31-14-13-30-53(54)55)47-24-15-22-45(38-47)46-23-16-25-48(39-46)58-41-57(43-18-5-1-6-19-43)63-62(64-58)44-20-7-2-8-21-44/h1-41H. The number of furan rings is 1. The zero-order valence-corrected chi connectivity index (χ0v) is 37.2. The Balaban J connectivity index is 0.955. The number of rotatable bonds is 9. The molecule has 12 rings (SSSR count). The summed E-state index contributed by atoms with van der Waals surface area (Å²) in [7, 11) is -3.13. The fraction of sp³-hybridized carbons (Fsp3) is 0. The van der Waals surface area contributed by atoms with Crippen LogP contribution in [0.5, 0.6) is 0 Å². The summed E-state index contributed by atoms with van der Waals surface area (Å²) in [5, 5.41) is 6.67. The lowest BCUT2D eigenvalue weighted by molar-refractivity contribution is 0.592. The predicted molar refractivity (Wildman–Crippen MR) is 279 cm³/mol. The van der Waals surface area contributed by atoms with Crippen molar-refractivity contribution in [2.75, 3.05) is 0 Å². The Morgan fingerprint density at radius 2 is 0.821 bits per heavy atom. The van der Waals surface area contributed by atoms with E-state index in [0.717, 1.165) is 110 Å². The van der Waals surface area contributed by atoms with Gasteiger partial charge in [-0.25, -0.2) is 9.97 Å². The molecule has 0 aliphatic carbocycles. The van der Waals surface area contributed by atoms with E-state index >= 15 is 4.57 Å². The van der Waals surface area contributed by atoms with Gasteiger partial charge in [0, 0.05) is 48.8 Å². The first-order valence-corrected chi connectivity index (χ1v) is 24.2. The minimum absolute atomic E-state index is 0.690. The molecule has 316 valence electrons. The Morgan fingerprint density at radius 3 is 1.48 bits per heavy atom. The predicted octanol–water partition coefficient (Wildman–Crippen LogP) is 15.2.